The summed E-state index contributed by atoms with van der Waals surface area (Å²) in [6.45, 7) is 1.21. The topological polar surface area (TPSA) is 159 Å². The SMILES string of the molecule is Cc1ccc(S(=O)(=O)Oc2ccc(C(=O)COC(=O)c3ccccc3NC(=O)c3ccc([N+](=O)[O-])cc3)cc2)cc1. The van der Waals surface area contributed by atoms with Crippen LogP contribution in [-0.4, -0.2) is 37.6 Å². The van der Waals surface area contributed by atoms with E-state index in [1.54, 1.807) is 24.3 Å². The number of anilines is 1. The van der Waals surface area contributed by atoms with E-state index in [1.165, 1.54) is 72.8 Å². The Labute approximate surface area is 234 Å². The van der Waals surface area contributed by atoms with Crippen molar-refractivity contribution in [3.63, 3.8) is 0 Å². The van der Waals surface area contributed by atoms with Gasteiger partial charge >= 0.3 is 16.1 Å². The molecule has 208 valence electrons. The summed E-state index contributed by atoms with van der Waals surface area (Å²) in [6, 6.07) is 22.4. The number of non-ortho nitro benzene ring substituents is 1. The Balaban J connectivity index is 1.36. The largest absolute Gasteiger partial charge is 0.454 e. The summed E-state index contributed by atoms with van der Waals surface area (Å²) in [4.78, 5) is 48.1. The number of nitro groups is 1. The summed E-state index contributed by atoms with van der Waals surface area (Å²) < 4.78 is 35.2. The van der Waals surface area contributed by atoms with Crippen molar-refractivity contribution in [1.29, 1.82) is 0 Å². The first-order valence-electron chi connectivity index (χ1n) is 12.0. The molecule has 0 saturated carbocycles. The van der Waals surface area contributed by atoms with Gasteiger partial charge in [-0.25, -0.2) is 4.79 Å². The number of Topliss-reactive ketones (excluding diaryl/α,β-unsaturated/α-hetero) is 1. The fourth-order valence-corrected chi connectivity index (χ4v) is 4.50. The molecule has 0 aromatic heterocycles. The number of nitrogens with one attached hydrogen (secondary N) is 1. The van der Waals surface area contributed by atoms with Gasteiger partial charge in [-0.2, -0.15) is 8.42 Å². The van der Waals surface area contributed by atoms with Crippen LogP contribution >= 0.6 is 0 Å². The fraction of sp³-hybridized carbons (Fsp3) is 0.0690. The molecule has 4 rings (SSSR count). The Morgan fingerprint density at radius 1 is 0.829 bits per heavy atom. The lowest BCUT2D eigenvalue weighted by Gasteiger charge is -2.11. The van der Waals surface area contributed by atoms with Crippen LogP contribution in [0.2, 0.25) is 0 Å². The van der Waals surface area contributed by atoms with Gasteiger partial charge in [0.15, 0.2) is 12.4 Å². The molecule has 11 nitrogen and oxygen atoms in total. The van der Waals surface area contributed by atoms with Crippen LogP contribution in [0.1, 0.15) is 36.6 Å². The molecule has 12 heteroatoms. The maximum Gasteiger partial charge on any atom is 0.340 e. The van der Waals surface area contributed by atoms with Gasteiger partial charge in [-0.3, -0.25) is 19.7 Å². The molecule has 0 unspecified atom stereocenters. The number of rotatable bonds is 10. The average Bonchev–Trinajstić information content (AvgIpc) is 2.96. The first kappa shape index (κ1) is 28.6. The van der Waals surface area contributed by atoms with E-state index in [1.807, 2.05) is 6.92 Å². The number of amides is 1. The number of para-hydroxylation sites is 1. The molecule has 1 amide bonds. The first-order valence-corrected chi connectivity index (χ1v) is 13.4. The van der Waals surface area contributed by atoms with Crippen LogP contribution < -0.4 is 9.50 Å². The Kier molecular flexibility index (Phi) is 8.54. The van der Waals surface area contributed by atoms with Crippen molar-refractivity contribution in [2.24, 2.45) is 0 Å². The van der Waals surface area contributed by atoms with Crippen LogP contribution in [0.15, 0.2) is 102 Å². The summed E-state index contributed by atoms with van der Waals surface area (Å²) in [6.07, 6.45) is 0. The fourth-order valence-electron chi connectivity index (χ4n) is 3.57. The second-order valence-electron chi connectivity index (χ2n) is 8.68. The van der Waals surface area contributed by atoms with E-state index < -0.39 is 39.3 Å². The minimum atomic E-state index is -4.06. The predicted molar refractivity (Wildman–Crippen MR) is 148 cm³/mol. The number of carbonyl (C=O) groups is 3. The second kappa shape index (κ2) is 12.2. The smallest absolute Gasteiger partial charge is 0.340 e. The van der Waals surface area contributed by atoms with Gasteiger partial charge < -0.3 is 14.2 Å². The summed E-state index contributed by atoms with van der Waals surface area (Å²) >= 11 is 0. The molecule has 41 heavy (non-hydrogen) atoms. The van der Waals surface area contributed by atoms with Gasteiger partial charge in [0.05, 0.1) is 16.2 Å². The zero-order chi connectivity index (χ0) is 29.6. The average molecular weight is 575 g/mol. The zero-order valence-electron chi connectivity index (χ0n) is 21.5. The molecule has 0 heterocycles. The maximum atomic E-state index is 12.7. The molecule has 0 aliphatic rings. The molecule has 0 saturated heterocycles. The van der Waals surface area contributed by atoms with Gasteiger partial charge in [0, 0.05) is 23.3 Å². The van der Waals surface area contributed by atoms with E-state index in [0.717, 1.165) is 5.56 Å². The lowest BCUT2D eigenvalue weighted by molar-refractivity contribution is -0.384. The van der Waals surface area contributed by atoms with E-state index in [9.17, 15) is 32.9 Å². The normalized spacial score (nSPS) is 10.9. The Morgan fingerprint density at radius 3 is 2.07 bits per heavy atom. The van der Waals surface area contributed by atoms with Crippen LogP contribution in [0.4, 0.5) is 11.4 Å². The first-order chi connectivity index (χ1) is 19.5. The Morgan fingerprint density at radius 2 is 1.44 bits per heavy atom. The molecule has 0 radical (unpaired) electrons. The van der Waals surface area contributed by atoms with Crippen molar-refractivity contribution < 1.29 is 36.6 Å². The minimum Gasteiger partial charge on any atom is -0.454 e. The van der Waals surface area contributed by atoms with Gasteiger partial charge in [-0.05, 0) is 67.6 Å². The third-order valence-electron chi connectivity index (χ3n) is 5.76. The van der Waals surface area contributed by atoms with Crippen LogP contribution in [-0.2, 0) is 14.9 Å². The lowest BCUT2D eigenvalue weighted by Crippen LogP contribution is -2.18. The molecular formula is C29H22N2O9S. The van der Waals surface area contributed by atoms with E-state index in [4.69, 9.17) is 8.92 Å². The van der Waals surface area contributed by atoms with Gasteiger partial charge in [0.25, 0.3) is 11.6 Å². The van der Waals surface area contributed by atoms with Crippen molar-refractivity contribution in [3.05, 3.63) is 129 Å². The monoisotopic (exact) mass is 574 g/mol. The summed E-state index contributed by atoms with van der Waals surface area (Å²) in [5, 5.41) is 13.4. The quantitative estimate of drug-likeness (QED) is 0.0908. The van der Waals surface area contributed by atoms with Crippen LogP contribution in [0.3, 0.4) is 0 Å². The molecule has 0 aliphatic carbocycles. The van der Waals surface area contributed by atoms with Crippen molar-refractivity contribution in [2.45, 2.75) is 11.8 Å². The molecule has 0 aliphatic heterocycles. The number of hydrogen-bond donors (Lipinski definition) is 1. The number of hydrogen-bond acceptors (Lipinski definition) is 9. The Hall–Kier alpha value is -5.36. The third kappa shape index (κ3) is 7.19. The van der Waals surface area contributed by atoms with Crippen molar-refractivity contribution >= 4 is 39.2 Å². The van der Waals surface area contributed by atoms with E-state index in [-0.39, 0.29) is 38.7 Å². The van der Waals surface area contributed by atoms with E-state index in [0.29, 0.717) is 0 Å². The number of ether oxygens (including phenoxy) is 1. The molecule has 4 aromatic carbocycles. The predicted octanol–water partition coefficient (Wildman–Crippen LogP) is 4.96. The molecular weight excluding hydrogens is 552 g/mol. The molecule has 1 N–H and O–H groups in total. The molecule has 0 fully saturated rings. The lowest BCUT2D eigenvalue weighted by atomic mass is 10.1. The molecule has 0 spiro atoms. The molecule has 0 bridgehead atoms. The van der Waals surface area contributed by atoms with Crippen LogP contribution in [0.5, 0.6) is 5.75 Å². The van der Waals surface area contributed by atoms with Crippen LogP contribution in [0.25, 0.3) is 0 Å². The highest BCUT2D eigenvalue weighted by Gasteiger charge is 2.19. The second-order valence-corrected chi connectivity index (χ2v) is 10.2. The maximum absolute atomic E-state index is 12.7. The van der Waals surface area contributed by atoms with Gasteiger partial charge in [-0.15, -0.1) is 0 Å². The number of ketones is 1. The zero-order valence-corrected chi connectivity index (χ0v) is 22.3. The molecule has 4 aromatic rings. The van der Waals surface area contributed by atoms with E-state index >= 15 is 0 Å². The highest BCUT2D eigenvalue weighted by molar-refractivity contribution is 7.87. The highest BCUT2D eigenvalue weighted by Crippen LogP contribution is 2.21. The highest BCUT2D eigenvalue weighted by atomic mass is 32.2. The van der Waals surface area contributed by atoms with Gasteiger partial charge in [-0.1, -0.05) is 29.8 Å². The van der Waals surface area contributed by atoms with Crippen molar-refractivity contribution in [3.8, 4) is 5.75 Å². The number of nitrogens with zero attached hydrogens (tertiary/aromatic N) is 1. The summed E-state index contributed by atoms with van der Waals surface area (Å²) in [7, 11) is -4.06. The van der Waals surface area contributed by atoms with Crippen molar-refractivity contribution in [2.75, 3.05) is 11.9 Å². The Bertz CT molecular complexity index is 1720. The molecule has 0 atom stereocenters. The standard InChI is InChI=1S/C29H22N2O9S/c1-19-6-16-24(17-7-19)41(37,38)40-23-14-10-20(11-15-23)27(32)18-39-29(34)25-4-2-3-5-26(25)30-28(33)21-8-12-22(13-9-21)31(35)36/h2-17H,18H2,1H3,(H,30,33). The van der Waals surface area contributed by atoms with Crippen LogP contribution in [0, 0.1) is 17.0 Å². The number of benzene rings is 4. The van der Waals surface area contributed by atoms with Crippen molar-refractivity contribution in [1.82, 2.24) is 0 Å². The summed E-state index contributed by atoms with van der Waals surface area (Å²) in [5.41, 5.74) is 1.10. The minimum absolute atomic E-state index is 0.00295. The third-order valence-corrected chi connectivity index (χ3v) is 7.02. The number of nitro benzene ring substituents is 1. The number of aryl methyl sites for hydroxylation is 1. The van der Waals surface area contributed by atoms with E-state index in [2.05, 4.69) is 5.32 Å². The van der Waals surface area contributed by atoms with Gasteiger partial charge in [0.1, 0.15) is 10.6 Å². The number of carbonyl (C=O) groups excluding carboxylic acids is 3. The number of esters is 1. The summed E-state index contributed by atoms with van der Waals surface area (Å²) in [5.74, 6) is -2.04. The van der Waals surface area contributed by atoms with Gasteiger partial charge in [0.2, 0.25) is 0 Å².